The standard InChI is InChI=1S/C27H39NO5Si/c1-26(2,3)21(19-16-12-13-17-20(19)24(29)30)22(28-25(31)32-27(4,5)6)23(33-34(7)8)18-14-10-9-11-15-18/h9-17,21-23,34H,1-8H3,(H,28,31)(H,29,30). The molecule has 0 fully saturated rings. The van der Waals surface area contributed by atoms with Gasteiger partial charge in [0.1, 0.15) is 5.60 Å². The molecule has 0 bridgehead atoms. The van der Waals surface area contributed by atoms with Crippen LogP contribution in [0.3, 0.4) is 0 Å². The van der Waals surface area contributed by atoms with Gasteiger partial charge in [-0.05, 0) is 56.5 Å². The van der Waals surface area contributed by atoms with Gasteiger partial charge < -0.3 is 19.6 Å². The first-order valence-corrected chi connectivity index (χ1v) is 14.5. The molecule has 186 valence electrons. The number of carboxylic acids is 1. The van der Waals surface area contributed by atoms with Crippen LogP contribution in [0, 0.1) is 5.41 Å². The second-order valence-corrected chi connectivity index (χ2v) is 13.3. The van der Waals surface area contributed by atoms with Crippen molar-refractivity contribution in [2.45, 2.75) is 78.3 Å². The van der Waals surface area contributed by atoms with Gasteiger partial charge >= 0.3 is 12.1 Å². The summed E-state index contributed by atoms with van der Waals surface area (Å²) >= 11 is 0. The number of carbonyl (C=O) groups is 2. The second kappa shape index (κ2) is 11.2. The van der Waals surface area contributed by atoms with Crippen LogP contribution in [-0.4, -0.2) is 37.9 Å². The minimum absolute atomic E-state index is 0.215. The number of carbonyl (C=O) groups excluding carboxylic acids is 1. The summed E-state index contributed by atoms with van der Waals surface area (Å²) in [4.78, 5) is 25.2. The smallest absolute Gasteiger partial charge is 0.407 e. The highest BCUT2D eigenvalue weighted by Crippen LogP contribution is 2.44. The zero-order valence-corrected chi connectivity index (χ0v) is 22.7. The highest BCUT2D eigenvalue weighted by molar-refractivity contribution is 6.48. The van der Waals surface area contributed by atoms with Crippen LogP contribution in [0.4, 0.5) is 4.79 Å². The first kappa shape index (κ1) is 27.6. The van der Waals surface area contributed by atoms with Crippen LogP contribution in [-0.2, 0) is 9.16 Å². The Bertz CT molecular complexity index is 963. The molecule has 34 heavy (non-hydrogen) atoms. The minimum Gasteiger partial charge on any atom is -0.478 e. The molecule has 7 heteroatoms. The van der Waals surface area contributed by atoms with Gasteiger partial charge in [0.2, 0.25) is 0 Å². The molecule has 0 aliphatic carbocycles. The third kappa shape index (κ3) is 7.70. The predicted octanol–water partition coefficient (Wildman–Crippen LogP) is 6.15. The van der Waals surface area contributed by atoms with Gasteiger partial charge in [0.05, 0.1) is 17.7 Å². The van der Waals surface area contributed by atoms with Gasteiger partial charge in [0, 0.05) is 5.92 Å². The van der Waals surface area contributed by atoms with Crippen LogP contribution < -0.4 is 5.32 Å². The van der Waals surface area contributed by atoms with Gasteiger partial charge in [-0.1, -0.05) is 69.3 Å². The molecule has 6 nitrogen and oxygen atoms in total. The normalized spacial score (nSPS) is 14.9. The summed E-state index contributed by atoms with van der Waals surface area (Å²) < 4.78 is 12.2. The molecule has 0 aliphatic heterocycles. The SMILES string of the molecule is C[SiH](C)OC(c1ccccc1)C(NC(=O)OC(C)(C)C)C(c1ccccc1C(=O)O)C(C)(C)C. The monoisotopic (exact) mass is 485 g/mol. The predicted molar refractivity (Wildman–Crippen MR) is 138 cm³/mol. The maximum absolute atomic E-state index is 13.1. The molecule has 2 N–H and O–H groups in total. The molecule has 0 heterocycles. The van der Waals surface area contributed by atoms with Crippen molar-refractivity contribution in [3.05, 3.63) is 71.3 Å². The van der Waals surface area contributed by atoms with Crippen LogP contribution in [0.25, 0.3) is 0 Å². The highest BCUT2D eigenvalue weighted by atomic mass is 28.3. The highest BCUT2D eigenvalue weighted by Gasteiger charge is 2.42. The summed E-state index contributed by atoms with van der Waals surface area (Å²) in [5, 5.41) is 13.1. The van der Waals surface area contributed by atoms with E-state index >= 15 is 0 Å². The Labute approximate surface area is 205 Å². The van der Waals surface area contributed by atoms with Crippen molar-refractivity contribution in [2.75, 3.05) is 0 Å². The van der Waals surface area contributed by atoms with E-state index in [2.05, 4.69) is 39.2 Å². The van der Waals surface area contributed by atoms with Crippen molar-refractivity contribution >= 4 is 21.1 Å². The number of hydrogen-bond acceptors (Lipinski definition) is 4. The molecule has 3 atom stereocenters. The Morgan fingerprint density at radius 3 is 1.97 bits per heavy atom. The number of ether oxygens (including phenoxy) is 1. The largest absolute Gasteiger partial charge is 0.478 e. The lowest BCUT2D eigenvalue weighted by molar-refractivity contribution is 0.0373. The summed E-state index contributed by atoms with van der Waals surface area (Å²) in [5.41, 5.74) is 0.693. The molecule has 0 saturated carbocycles. The number of rotatable bonds is 8. The number of alkyl carbamates (subject to hydrolysis) is 1. The van der Waals surface area contributed by atoms with Crippen LogP contribution in [0.1, 0.15) is 75.0 Å². The topological polar surface area (TPSA) is 84.9 Å². The third-order valence-corrected chi connectivity index (χ3v) is 6.21. The molecule has 1 amide bonds. The van der Waals surface area contributed by atoms with E-state index in [1.165, 1.54) is 0 Å². The van der Waals surface area contributed by atoms with E-state index in [0.29, 0.717) is 5.56 Å². The van der Waals surface area contributed by atoms with Crippen molar-refractivity contribution < 1.29 is 23.9 Å². The average Bonchev–Trinajstić information content (AvgIpc) is 2.70. The number of hydrogen-bond donors (Lipinski definition) is 2. The fourth-order valence-corrected chi connectivity index (χ4v) is 5.16. The minimum atomic E-state index is -1.57. The van der Waals surface area contributed by atoms with Crippen molar-refractivity contribution in [3.63, 3.8) is 0 Å². The molecule has 2 aromatic rings. The molecule has 0 aliphatic rings. The van der Waals surface area contributed by atoms with E-state index in [1.807, 2.05) is 63.2 Å². The van der Waals surface area contributed by atoms with Gasteiger partial charge in [-0.2, -0.15) is 0 Å². The lowest BCUT2D eigenvalue weighted by Gasteiger charge is -2.43. The Hall–Kier alpha value is -2.64. The maximum Gasteiger partial charge on any atom is 0.407 e. The van der Waals surface area contributed by atoms with E-state index in [9.17, 15) is 14.7 Å². The summed E-state index contributed by atoms with van der Waals surface area (Å²) in [6, 6.07) is 16.2. The van der Waals surface area contributed by atoms with Gasteiger partial charge in [-0.3, -0.25) is 0 Å². The zero-order chi connectivity index (χ0) is 25.7. The van der Waals surface area contributed by atoms with Crippen molar-refractivity contribution in [3.8, 4) is 0 Å². The molecule has 0 aromatic heterocycles. The van der Waals surface area contributed by atoms with Gasteiger partial charge in [0.15, 0.2) is 9.04 Å². The summed E-state index contributed by atoms with van der Waals surface area (Å²) in [6.07, 6.45) is -1.04. The van der Waals surface area contributed by atoms with E-state index in [0.717, 1.165) is 5.56 Å². The Morgan fingerprint density at radius 2 is 1.47 bits per heavy atom. The summed E-state index contributed by atoms with van der Waals surface area (Å²) in [5.74, 6) is -1.39. The zero-order valence-electron chi connectivity index (χ0n) is 21.6. The lowest BCUT2D eigenvalue weighted by atomic mass is 9.69. The number of carboxylic acid groups (broad SMARTS) is 1. The second-order valence-electron chi connectivity index (χ2n) is 10.9. The lowest BCUT2D eigenvalue weighted by Crippen LogP contribution is -2.50. The van der Waals surface area contributed by atoms with Gasteiger partial charge in [-0.15, -0.1) is 0 Å². The Balaban J connectivity index is 2.74. The fraction of sp³-hybridized carbons (Fsp3) is 0.481. The maximum atomic E-state index is 13.1. The molecule has 2 rings (SSSR count). The molecular formula is C27H39NO5Si. The van der Waals surface area contributed by atoms with E-state index < -0.39 is 44.3 Å². The Kier molecular flexibility index (Phi) is 9.08. The Morgan fingerprint density at radius 1 is 0.912 bits per heavy atom. The number of aromatic carboxylic acids is 1. The van der Waals surface area contributed by atoms with E-state index in [-0.39, 0.29) is 11.5 Å². The van der Waals surface area contributed by atoms with Crippen LogP contribution >= 0.6 is 0 Å². The number of nitrogens with one attached hydrogen (secondary N) is 1. The fourth-order valence-electron chi connectivity index (χ4n) is 4.25. The van der Waals surface area contributed by atoms with Crippen molar-refractivity contribution in [2.24, 2.45) is 5.41 Å². The summed E-state index contributed by atoms with van der Waals surface area (Å²) in [6.45, 7) is 15.8. The van der Waals surface area contributed by atoms with Crippen molar-refractivity contribution in [1.82, 2.24) is 5.32 Å². The third-order valence-electron chi connectivity index (χ3n) is 5.37. The molecular weight excluding hydrogens is 446 g/mol. The number of benzene rings is 2. The molecule has 0 radical (unpaired) electrons. The van der Waals surface area contributed by atoms with Crippen LogP contribution in [0.15, 0.2) is 54.6 Å². The average molecular weight is 486 g/mol. The van der Waals surface area contributed by atoms with E-state index in [1.54, 1.807) is 12.1 Å². The molecule has 0 saturated heterocycles. The van der Waals surface area contributed by atoms with Gasteiger partial charge in [0.25, 0.3) is 0 Å². The first-order chi connectivity index (χ1) is 15.7. The quantitative estimate of drug-likeness (QED) is 0.438. The summed E-state index contributed by atoms with van der Waals surface area (Å²) in [7, 11) is -1.57. The molecule has 3 unspecified atom stereocenters. The van der Waals surface area contributed by atoms with Crippen LogP contribution in [0.2, 0.25) is 13.1 Å². The molecule has 0 spiro atoms. The first-order valence-electron chi connectivity index (χ1n) is 11.7. The van der Waals surface area contributed by atoms with Crippen molar-refractivity contribution in [1.29, 1.82) is 0 Å². The van der Waals surface area contributed by atoms with Crippen LogP contribution in [0.5, 0.6) is 0 Å². The molecule has 2 aromatic carbocycles. The van der Waals surface area contributed by atoms with E-state index in [4.69, 9.17) is 9.16 Å². The van der Waals surface area contributed by atoms with Gasteiger partial charge in [-0.25, -0.2) is 9.59 Å². The number of amides is 1.